The van der Waals surface area contributed by atoms with Crippen LogP contribution < -0.4 is 0 Å². The van der Waals surface area contributed by atoms with Gasteiger partial charge in [0.25, 0.3) is 0 Å². The lowest BCUT2D eigenvalue weighted by Crippen LogP contribution is -2.07. The maximum atomic E-state index is 14.4. The summed E-state index contributed by atoms with van der Waals surface area (Å²) in [4.78, 5) is 0. The van der Waals surface area contributed by atoms with Gasteiger partial charge in [-0.05, 0) is 68.4 Å². The Morgan fingerprint density at radius 2 is 1.91 bits per heavy atom. The van der Waals surface area contributed by atoms with Crippen molar-refractivity contribution in [1.82, 2.24) is 0 Å². The van der Waals surface area contributed by atoms with Gasteiger partial charge in [0.2, 0.25) is 0 Å². The summed E-state index contributed by atoms with van der Waals surface area (Å²) in [7, 11) is 0. The SMILES string of the molecule is C=CCCCCc1ccc(C2=CCC(CC=C)CC2)c(F)c1F. The summed E-state index contributed by atoms with van der Waals surface area (Å²) in [6.07, 6.45) is 12.9. The number of benzene rings is 1. The summed E-state index contributed by atoms with van der Waals surface area (Å²) in [5, 5.41) is 0. The highest BCUT2D eigenvalue weighted by Crippen LogP contribution is 2.34. The summed E-state index contributed by atoms with van der Waals surface area (Å²) in [5.41, 5.74) is 1.87. The third-order valence-corrected chi connectivity index (χ3v) is 4.63. The van der Waals surface area contributed by atoms with E-state index >= 15 is 0 Å². The van der Waals surface area contributed by atoms with Gasteiger partial charge < -0.3 is 0 Å². The minimum atomic E-state index is -0.681. The Bertz CT molecular complexity index is 584. The van der Waals surface area contributed by atoms with Crippen molar-refractivity contribution in [3.05, 3.63) is 66.3 Å². The van der Waals surface area contributed by atoms with Crippen molar-refractivity contribution >= 4 is 5.57 Å². The zero-order chi connectivity index (χ0) is 16.7. The molecule has 1 aliphatic carbocycles. The van der Waals surface area contributed by atoms with Gasteiger partial charge in [-0.15, -0.1) is 13.2 Å². The molecule has 124 valence electrons. The van der Waals surface area contributed by atoms with Gasteiger partial charge in [-0.25, -0.2) is 8.78 Å². The standard InChI is InChI=1S/C21H26F2/c1-3-5-6-7-9-18-14-15-19(21(23)20(18)22)17-12-10-16(8-4-2)11-13-17/h3-4,12,14-16H,1-2,5-11,13H2. The smallest absolute Gasteiger partial charge is 0.166 e. The third kappa shape index (κ3) is 4.63. The molecule has 0 nitrogen and oxygen atoms in total. The molecule has 1 aromatic carbocycles. The molecule has 0 bridgehead atoms. The van der Waals surface area contributed by atoms with Crippen LogP contribution in [0.25, 0.3) is 5.57 Å². The van der Waals surface area contributed by atoms with Crippen molar-refractivity contribution in [2.45, 2.75) is 51.4 Å². The van der Waals surface area contributed by atoms with E-state index in [0.717, 1.165) is 50.5 Å². The van der Waals surface area contributed by atoms with Crippen LogP contribution in [0.2, 0.25) is 0 Å². The Kier molecular flexibility index (Phi) is 6.76. The van der Waals surface area contributed by atoms with Crippen molar-refractivity contribution in [2.24, 2.45) is 5.92 Å². The highest BCUT2D eigenvalue weighted by atomic mass is 19.2. The summed E-state index contributed by atoms with van der Waals surface area (Å²) in [6.45, 7) is 7.44. The molecular formula is C21H26F2. The van der Waals surface area contributed by atoms with Crippen LogP contribution in [0.1, 0.15) is 56.1 Å². The molecule has 0 heterocycles. The third-order valence-electron chi connectivity index (χ3n) is 4.63. The molecule has 0 aliphatic heterocycles. The van der Waals surface area contributed by atoms with Crippen LogP contribution in [0, 0.1) is 17.6 Å². The van der Waals surface area contributed by atoms with Crippen LogP contribution in [-0.2, 0) is 6.42 Å². The average molecular weight is 316 g/mol. The summed E-state index contributed by atoms with van der Waals surface area (Å²) >= 11 is 0. The predicted octanol–water partition coefficient (Wildman–Crippen LogP) is 6.62. The van der Waals surface area contributed by atoms with E-state index in [1.54, 1.807) is 12.1 Å². The maximum absolute atomic E-state index is 14.4. The minimum Gasteiger partial charge on any atom is -0.203 e. The molecule has 23 heavy (non-hydrogen) atoms. The van der Waals surface area contributed by atoms with Gasteiger partial charge in [-0.1, -0.05) is 30.4 Å². The molecule has 1 unspecified atom stereocenters. The van der Waals surface area contributed by atoms with Crippen LogP contribution in [-0.4, -0.2) is 0 Å². The second kappa shape index (κ2) is 8.81. The number of allylic oxidation sites excluding steroid dienone is 4. The van der Waals surface area contributed by atoms with Crippen molar-refractivity contribution in [3.8, 4) is 0 Å². The highest BCUT2D eigenvalue weighted by molar-refractivity contribution is 5.67. The number of aryl methyl sites for hydroxylation is 1. The first kappa shape index (κ1) is 17.7. The zero-order valence-electron chi connectivity index (χ0n) is 13.8. The molecule has 0 spiro atoms. The van der Waals surface area contributed by atoms with Gasteiger partial charge in [0, 0.05) is 5.56 Å². The average Bonchev–Trinajstić information content (AvgIpc) is 2.57. The molecule has 2 heteroatoms. The fourth-order valence-electron chi connectivity index (χ4n) is 3.22. The van der Waals surface area contributed by atoms with E-state index in [9.17, 15) is 8.78 Å². The maximum Gasteiger partial charge on any atom is 0.166 e. The first-order valence-electron chi connectivity index (χ1n) is 8.55. The van der Waals surface area contributed by atoms with Crippen LogP contribution >= 0.6 is 0 Å². The van der Waals surface area contributed by atoms with Crippen LogP contribution in [0.5, 0.6) is 0 Å². The molecule has 0 amide bonds. The number of unbranched alkanes of at least 4 members (excludes halogenated alkanes) is 2. The summed E-state index contributed by atoms with van der Waals surface area (Å²) < 4.78 is 28.7. The molecule has 1 aromatic rings. The Labute approximate surface area is 138 Å². The molecule has 0 N–H and O–H groups in total. The van der Waals surface area contributed by atoms with Crippen LogP contribution in [0.4, 0.5) is 8.78 Å². The molecule has 0 saturated heterocycles. The van der Waals surface area contributed by atoms with E-state index < -0.39 is 11.6 Å². The second-order valence-electron chi connectivity index (χ2n) is 6.33. The number of hydrogen-bond acceptors (Lipinski definition) is 0. The van der Waals surface area contributed by atoms with Crippen molar-refractivity contribution in [3.63, 3.8) is 0 Å². The molecule has 2 rings (SSSR count). The number of hydrogen-bond donors (Lipinski definition) is 0. The van der Waals surface area contributed by atoms with E-state index in [1.165, 1.54) is 0 Å². The summed E-state index contributed by atoms with van der Waals surface area (Å²) in [6, 6.07) is 3.50. The first-order valence-corrected chi connectivity index (χ1v) is 8.55. The minimum absolute atomic E-state index is 0.439. The quantitative estimate of drug-likeness (QED) is 0.373. The molecule has 1 atom stereocenters. The highest BCUT2D eigenvalue weighted by Gasteiger charge is 2.19. The number of rotatable bonds is 8. The van der Waals surface area contributed by atoms with E-state index in [1.807, 2.05) is 12.2 Å². The van der Waals surface area contributed by atoms with Gasteiger partial charge >= 0.3 is 0 Å². The van der Waals surface area contributed by atoms with Crippen molar-refractivity contribution in [1.29, 1.82) is 0 Å². The van der Waals surface area contributed by atoms with Gasteiger partial charge in [0.1, 0.15) is 0 Å². The van der Waals surface area contributed by atoms with E-state index in [0.29, 0.717) is 23.5 Å². The monoisotopic (exact) mass is 316 g/mol. The molecule has 1 aliphatic rings. The Hall–Kier alpha value is -1.70. The van der Waals surface area contributed by atoms with E-state index in [-0.39, 0.29) is 0 Å². The fraction of sp³-hybridized carbons (Fsp3) is 0.429. The van der Waals surface area contributed by atoms with Crippen molar-refractivity contribution in [2.75, 3.05) is 0 Å². The van der Waals surface area contributed by atoms with Gasteiger partial charge in [-0.3, -0.25) is 0 Å². The lowest BCUT2D eigenvalue weighted by Gasteiger charge is -2.21. The topological polar surface area (TPSA) is 0 Å². The number of halogens is 2. The molecule has 0 aromatic heterocycles. The largest absolute Gasteiger partial charge is 0.203 e. The zero-order valence-corrected chi connectivity index (χ0v) is 13.8. The normalized spacial score (nSPS) is 17.7. The van der Waals surface area contributed by atoms with E-state index in [4.69, 9.17) is 0 Å². The van der Waals surface area contributed by atoms with E-state index in [2.05, 4.69) is 19.2 Å². The fourth-order valence-corrected chi connectivity index (χ4v) is 3.22. The van der Waals surface area contributed by atoms with Gasteiger partial charge in [0.15, 0.2) is 11.6 Å². The molecule has 0 radical (unpaired) electrons. The van der Waals surface area contributed by atoms with Crippen molar-refractivity contribution < 1.29 is 8.78 Å². The van der Waals surface area contributed by atoms with Gasteiger partial charge in [0.05, 0.1) is 0 Å². The van der Waals surface area contributed by atoms with Crippen LogP contribution in [0.15, 0.2) is 43.5 Å². The lowest BCUT2D eigenvalue weighted by atomic mass is 9.84. The summed E-state index contributed by atoms with van der Waals surface area (Å²) in [5.74, 6) is -0.761. The predicted molar refractivity (Wildman–Crippen MR) is 94.2 cm³/mol. The first-order chi connectivity index (χ1) is 11.2. The molecular weight excluding hydrogens is 290 g/mol. The second-order valence-corrected chi connectivity index (χ2v) is 6.33. The lowest BCUT2D eigenvalue weighted by molar-refractivity contribution is 0.481. The Morgan fingerprint density at radius 3 is 2.57 bits per heavy atom. The Balaban J connectivity index is 2.08. The molecule has 0 saturated carbocycles. The Morgan fingerprint density at radius 1 is 1.09 bits per heavy atom. The van der Waals surface area contributed by atoms with Crippen LogP contribution in [0.3, 0.4) is 0 Å². The van der Waals surface area contributed by atoms with Gasteiger partial charge in [-0.2, -0.15) is 0 Å². The molecule has 0 fully saturated rings.